The van der Waals surface area contributed by atoms with Gasteiger partial charge in [-0.15, -0.1) is 0 Å². The average molecular weight is 291 g/mol. The third kappa shape index (κ3) is 5.08. The van der Waals surface area contributed by atoms with E-state index in [4.69, 9.17) is 0 Å². The standard InChI is InChI=1S/C16H25N3S/c1-3-17-16(19-12-15-5-4-10-20-15)18-11-14-8-6-13(2)7-9-14/h6-9,15H,3-5,10-12H2,1-2H3,(H2,17,18,19). The van der Waals surface area contributed by atoms with Crippen molar-refractivity contribution in [3.05, 3.63) is 35.4 Å². The zero-order chi connectivity index (χ0) is 14.2. The number of nitrogens with zero attached hydrogens (tertiary/aromatic N) is 1. The van der Waals surface area contributed by atoms with Gasteiger partial charge in [-0.1, -0.05) is 29.8 Å². The molecule has 2 N–H and O–H groups in total. The van der Waals surface area contributed by atoms with Gasteiger partial charge in [0.2, 0.25) is 0 Å². The van der Waals surface area contributed by atoms with Gasteiger partial charge in [0.15, 0.2) is 5.96 Å². The Bertz CT molecular complexity index is 422. The first-order valence-corrected chi connectivity index (χ1v) is 8.52. The quantitative estimate of drug-likeness (QED) is 0.647. The summed E-state index contributed by atoms with van der Waals surface area (Å²) in [5.41, 5.74) is 2.55. The number of guanidine groups is 1. The molecule has 1 unspecified atom stereocenters. The number of rotatable bonds is 5. The summed E-state index contributed by atoms with van der Waals surface area (Å²) < 4.78 is 0. The molecule has 1 saturated heterocycles. The third-order valence-corrected chi connectivity index (χ3v) is 4.80. The second-order valence-corrected chi connectivity index (χ2v) is 6.60. The van der Waals surface area contributed by atoms with Crippen LogP contribution in [0.2, 0.25) is 0 Å². The van der Waals surface area contributed by atoms with Crippen molar-refractivity contribution >= 4 is 17.7 Å². The molecule has 0 amide bonds. The smallest absolute Gasteiger partial charge is 0.191 e. The number of benzene rings is 1. The summed E-state index contributed by atoms with van der Waals surface area (Å²) in [6.07, 6.45) is 2.68. The van der Waals surface area contributed by atoms with Crippen molar-refractivity contribution in [3.8, 4) is 0 Å². The van der Waals surface area contributed by atoms with Gasteiger partial charge in [-0.2, -0.15) is 11.8 Å². The van der Waals surface area contributed by atoms with E-state index in [2.05, 4.69) is 65.5 Å². The Morgan fingerprint density at radius 3 is 2.75 bits per heavy atom. The van der Waals surface area contributed by atoms with Crippen LogP contribution in [0.4, 0.5) is 0 Å². The predicted molar refractivity (Wildman–Crippen MR) is 89.5 cm³/mol. The first-order chi connectivity index (χ1) is 9.78. The lowest BCUT2D eigenvalue weighted by molar-refractivity contribution is 0.727. The maximum absolute atomic E-state index is 4.66. The molecule has 20 heavy (non-hydrogen) atoms. The first kappa shape index (κ1) is 15.2. The van der Waals surface area contributed by atoms with Crippen LogP contribution < -0.4 is 10.6 Å². The van der Waals surface area contributed by atoms with Gasteiger partial charge < -0.3 is 10.6 Å². The van der Waals surface area contributed by atoms with E-state index in [0.717, 1.165) is 30.8 Å². The molecule has 110 valence electrons. The highest BCUT2D eigenvalue weighted by molar-refractivity contribution is 8.00. The molecule has 1 heterocycles. The largest absolute Gasteiger partial charge is 0.357 e. The Labute approximate surface area is 126 Å². The number of aliphatic imine (C=N–C) groups is 1. The molecule has 1 aromatic carbocycles. The van der Waals surface area contributed by atoms with Crippen molar-refractivity contribution in [2.75, 3.05) is 18.8 Å². The van der Waals surface area contributed by atoms with Crippen molar-refractivity contribution in [1.29, 1.82) is 0 Å². The number of hydrogen-bond donors (Lipinski definition) is 2. The van der Waals surface area contributed by atoms with E-state index in [-0.39, 0.29) is 0 Å². The molecule has 1 aliphatic rings. The van der Waals surface area contributed by atoms with Gasteiger partial charge in [-0.25, -0.2) is 4.99 Å². The Kier molecular flexibility index (Phi) is 6.25. The lowest BCUT2D eigenvalue weighted by Gasteiger charge is -2.14. The summed E-state index contributed by atoms with van der Waals surface area (Å²) in [7, 11) is 0. The molecule has 0 aromatic heterocycles. The van der Waals surface area contributed by atoms with Crippen molar-refractivity contribution in [2.45, 2.75) is 38.5 Å². The van der Waals surface area contributed by atoms with Crippen LogP contribution in [0.15, 0.2) is 29.3 Å². The predicted octanol–water partition coefficient (Wildman–Crippen LogP) is 2.95. The van der Waals surface area contributed by atoms with Crippen LogP contribution in [0.25, 0.3) is 0 Å². The molecule has 0 aliphatic carbocycles. The van der Waals surface area contributed by atoms with Crippen LogP contribution in [0.5, 0.6) is 0 Å². The SMILES string of the molecule is CCNC(=NCc1ccc(C)cc1)NCC1CCCS1. The summed E-state index contributed by atoms with van der Waals surface area (Å²) >= 11 is 2.07. The van der Waals surface area contributed by atoms with E-state index in [1.807, 2.05) is 0 Å². The number of hydrogen-bond acceptors (Lipinski definition) is 2. The van der Waals surface area contributed by atoms with Crippen LogP contribution in [0.3, 0.4) is 0 Å². The maximum Gasteiger partial charge on any atom is 0.191 e. The van der Waals surface area contributed by atoms with Gasteiger partial charge in [-0.05, 0) is 38.0 Å². The van der Waals surface area contributed by atoms with Crippen LogP contribution in [-0.2, 0) is 6.54 Å². The van der Waals surface area contributed by atoms with Crippen molar-refractivity contribution in [2.24, 2.45) is 4.99 Å². The molecular weight excluding hydrogens is 266 g/mol. The van der Waals surface area contributed by atoms with E-state index in [0.29, 0.717) is 0 Å². The molecule has 2 rings (SSSR count). The Hall–Kier alpha value is -1.16. The highest BCUT2D eigenvalue weighted by atomic mass is 32.2. The average Bonchev–Trinajstić information content (AvgIpc) is 2.97. The monoisotopic (exact) mass is 291 g/mol. The maximum atomic E-state index is 4.66. The fourth-order valence-corrected chi connectivity index (χ4v) is 3.42. The fourth-order valence-electron chi connectivity index (χ4n) is 2.22. The van der Waals surface area contributed by atoms with Gasteiger partial charge in [0.25, 0.3) is 0 Å². The van der Waals surface area contributed by atoms with Crippen molar-refractivity contribution in [1.82, 2.24) is 10.6 Å². The molecule has 1 atom stereocenters. The number of nitrogens with one attached hydrogen (secondary N) is 2. The summed E-state index contributed by atoms with van der Waals surface area (Å²) in [6.45, 7) is 6.86. The minimum atomic E-state index is 0.730. The minimum absolute atomic E-state index is 0.730. The molecule has 0 spiro atoms. The van der Waals surface area contributed by atoms with Crippen LogP contribution in [0.1, 0.15) is 30.9 Å². The third-order valence-electron chi connectivity index (χ3n) is 3.41. The van der Waals surface area contributed by atoms with Gasteiger partial charge >= 0.3 is 0 Å². The molecule has 1 fully saturated rings. The molecule has 3 nitrogen and oxygen atoms in total. The topological polar surface area (TPSA) is 36.4 Å². The van der Waals surface area contributed by atoms with Crippen LogP contribution in [-0.4, -0.2) is 30.1 Å². The molecule has 0 bridgehead atoms. The van der Waals surface area contributed by atoms with E-state index >= 15 is 0 Å². The van der Waals surface area contributed by atoms with Gasteiger partial charge in [0, 0.05) is 18.3 Å². The molecule has 4 heteroatoms. The second-order valence-electron chi connectivity index (χ2n) is 5.20. The molecule has 0 saturated carbocycles. The van der Waals surface area contributed by atoms with Gasteiger partial charge in [0.05, 0.1) is 6.54 Å². The van der Waals surface area contributed by atoms with E-state index in [1.165, 1.54) is 29.7 Å². The van der Waals surface area contributed by atoms with Gasteiger partial charge in [-0.3, -0.25) is 0 Å². The Balaban J connectivity index is 1.85. The molecular formula is C16H25N3S. The summed E-state index contributed by atoms with van der Waals surface area (Å²) in [6, 6.07) is 8.57. The Morgan fingerprint density at radius 2 is 2.10 bits per heavy atom. The summed E-state index contributed by atoms with van der Waals surface area (Å²) in [5.74, 6) is 2.24. The Morgan fingerprint density at radius 1 is 1.30 bits per heavy atom. The molecule has 1 aromatic rings. The lowest BCUT2D eigenvalue weighted by atomic mass is 10.1. The normalized spacial score (nSPS) is 19.1. The van der Waals surface area contributed by atoms with E-state index in [9.17, 15) is 0 Å². The van der Waals surface area contributed by atoms with Crippen molar-refractivity contribution < 1.29 is 0 Å². The molecule has 1 aliphatic heterocycles. The van der Waals surface area contributed by atoms with E-state index < -0.39 is 0 Å². The fraction of sp³-hybridized carbons (Fsp3) is 0.562. The van der Waals surface area contributed by atoms with E-state index in [1.54, 1.807) is 0 Å². The highest BCUT2D eigenvalue weighted by Crippen LogP contribution is 2.25. The summed E-state index contributed by atoms with van der Waals surface area (Å²) in [5, 5.41) is 7.53. The highest BCUT2D eigenvalue weighted by Gasteiger charge is 2.15. The van der Waals surface area contributed by atoms with Crippen LogP contribution in [0, 0.1) is 6.92 Å². The second kappa shape index (κ2) is 8.20. The number of aryl methyl sites for hydroxylation is 1. The van der Waals surface area contributed by atoms with Crippen LogP contribution >= 0.6 is 11.8 Å². The zero-order valence-electron chi connectivity index (χ0n) is 12.5. The zero-order valence-corrected chi connectivity index (χ0v) is 13.3. The first-order valence-electron chi connectivity index (χ1n) is 7.47. The molecule has 0 radical (unpaired) electrons. The summed E-state index contributed by atoms with van der Waals surface area (Å²) in [4.78, 5) is 4.66. The minimum Gasteiger partial charge on any atom is -0.357 e. The lowest BCUT2D eigenvalue weighted by Crippen LogP contribution is -2.40. The van der Waals surface area contributed by atoms with Gasteiger partial charge in [0.1, 0.15) is 0 Å². The van der Waals surface area contributed by atoms with Crippen molar-refractivity contribution in [3.63, 3.8) is 0 Å². The number of thioether (sulfide) groups is 1.